The molecule has 5 aliphatic rings. The van der Waals surface area contributed by atoms with Crippen molar-refractivity contribution in [2.24, 2.45) is 0 Å². The minimum absolute atomic E-state index is 0.0297. The minimum atomic E-state index is -2.03. The Kier molecular flexibility index (Phi) is 14.4. The van der Waals surface area contributed by atoms with Crippen molar-refractivity contribution in [1.29, 1.82) is 0 Å². The second-order valence-corrected chi connectivity index (χ2v) is 24.0. The summed E-state index contributed by atoms with van der Waals surface area (Å²) in [7, 11) is 5.76. The van der Waals surface area contributed by atoms with Gasteiger partial charge in [0.25, 0.3) is 0 Å². The summed E-state index contributed by atoms with van der Waals surface area (Å²) in [5, 5.41) is 0.0710. The number of hydrogen-bond acceptors (Lipinski definition) is 14. The third-order valence-corrected chi connectivity index (χ3v) is 17.4. The van der Waals surface area contributed by atoms with Gasteiger partial charge in [0.2, 0.25) is 5.79 Å². The number of benzene rings is 2. The third kappa shape index (κ3) is 10.9. The van der Waals surface area contributed by atoms with Crippen LogP contribution in [-0.4, -0.2) is 197 Å². The lowest BCUT2D eigenvalue weighted by atomic mass is 9.98. The summed E-state index contributed by atoms with van der Waals surface area (Å²) in [6.07, 6.45) is -0.433. The van der Waals surface area contributed by atoms with Crippen molar-refractivity contribution in [1.82, 2.24) is 19.6 Å². The van der Waals surface area contributed by atoms with Gasteiger partial charge >= 0.3 is 6.09 Å². The van der Waals surface area contributed by atoms with Crippen molar-refractivity contribution >= 4 is 14.4 Å². The van der Waals surface area contributed by atoms with E-state index in [2.05, 4.69) is 72.8 Å². The van der Waals surface area contributed by atoms with Gasteiger partial charge in [-0.05, 0) is 61.5 Å². The Bertz CT molecular complexity index is 1720. The number of ether oxygens (including phenoxy) is 9. The van der Waals surface area contributed by atoms with Gasteiger partial charge in [0, 0.05) is 13.0 Å². The Hall–Kier alpha value is -2.55. The molecule has 0 radical (unpaired) electrons. The molecule has 1 amide bonds. The molecule has 61 heavy (non-hydrogen) atoms. The standard InChI is InChI=1S/C45H70N4O11Si/c1-41(2,3)61(8,9)60-34-45(58-24-25-59-45)32-48(6)30-43(54-20-21-55-43)28-46(4)27-42(52-18-19-53-42)29-47(5)31-44(56-22-23-57-44)33-49(7)40(50)51-26-39-37-16-12-10-14-35(37)36-15-11-13-17-38(36)39/h10-17,39H,18-34H2,1-9H3. The smallest absolute Gasteiger partial charge is 0.409 e. The van der Waals surface area contributed by atoms with Crippen molar-refractivity contribution in [3.8, 4) is 11.1 Å². The van der Waals surface area contributed by atoms with Gasteiger partial charge in [0.1, 0.15) is 6.61 Å². The maximum absolute atomic E-state index is 13.5. The minimum Gasteiger partial charge on any atom is -0.448 e. The molecule has 4 heterocycles. The maximum atomic E-state index is 13.5. The molecular weight excluding hydrogens is 801 g/mol. The predicted molar refractivity (Wildman–Crippen MR) is 232 cm³/mol. The second kappa shape index (κ2) is 18.9. The van der Waals surface area contributed by atoms with E-state index in [1.807, 2.05) is 45.4 Å². The van der Waals surface area contributed by atoms with Gasteiger partial charge in [-0.15, -0.1) is 0 Å². The molecule has 4 saturated heterocycles. The number of amides is 1. The summed E-state index contributed by atoms with van der Waals surface area (Å²) in [6, 6.07) is 16.6. The van der Waals surface area contributed by atoms with Crippen molar-refractivity contribution in [2.75, 3.05) is 140 Å². The summed E-state index contributed by atoms with van der Waals surface area (Å²) in [5.41, 5.74) is 4.71. The predicted octanol–water partition coefficient (Wildman–Crippen LogP) is 4.66. The van der Waals surface area contributed by atoms with Crippen molar-refractivity contribution < 1.29 is 51.9 Å². The van der Waals surface area contributed by atoms with Crippen LogP contribution in [0.1, 0.15) is 37.8 Å². The van der Waals surface area contributed by atoms with E-state index in [9.17, 15) is 4.79 Å². The van der Waals surface area contributed by atoms with E-state index < -0.39 is 37.6 Å². The van der Waals surface area contributed by atoms with Gasteiger partial charge in [-0.25, -0.2) is 4.79 Å². The summed E-state index contributed by atoms with van der Waals surface area (Å²) in [4.78, 5) is 21.5. The number of fused-ring (bicyclic) bond motifs is 3. The van der Waals surface area contributed by atoms with Gasteiger partial charge in [0.15, 0.2) is 25.7 Å². The Labute approximate surface area is 363 Å². The van der Waals surface area contributed by atoms with Crippen LogP contribution in [0.4, 0.5) is 4.79 Å². The van der Waals surface area contributed by atoms with Crippen molar-refractivity contribution in [3.05, 3.63) is 59.7 Å². The van der Waals surface area contributed by atoms with Crippen LogP contribution in [0.25, 0.3) is 11.1 Å². The molecule has 0 N–H and O–H groups in total. The highest BCUT2D eigenvalue weighted by atomic mass is 28.4. The monoisotopic (exact) mass is 870 g/mol. The number of nitrogens with zero attached hydrogens (tertiary/aromatic N) is 4. The molecule has 0 unspecified atom stereocenters. The fourth-order valence-corrected chi connectivity index (χ4v) is 10.2. The molecule has 1 aliphatic carbocycles. The Morgan fingerprint density at radius 3 is 1.33 bits per heavy atom. The molecular formula is C45H70N4O11Si. The van der Waals surface area contributed by atoms with E-state index in [1.165, 1.54) is 22.3 Å². The largest absolute Gasteiger partial charge is 0.448 e. The maximum Gasteiger partial charge on any atom is 0.409 e. The van der Waals surface area contributed by atoms with Gasteiger partial charge < -0.3 is 52.0 Å². The van der Waals surface area contributed by atoms with E-state index in [4.69, 9.17) is 47.1 Å². The zero-order valence-electron chi connectivity index (χ0n) is 38.0. The first kappa shape index (κ1) is 46.4. The van der Waals surface area contributed by atoms with Crippen LogP contribution in [0.5, 0.6) is 0 Å². The first-order chi connectivity index (χ1) is 29.0. The highest BCUT2D eigenvalue weighted by Gasteiger charge is 2.48. The zero-order chi connectivity index (χ0) is 43.5. The van der Waals surface area contributed by atoms with E-state index in [1.54, 1.807) is 11.9 Å². The molecule has 16 heteroatoms. The Balaban J connectivity index is 0.934. The average molecular weight is 871 g/mol. The molecule has 0 aromatic heterocycles. The van der Waals surface area contributed by atoms with Crippen LogP contribution in [-0.2, 0) is 47.1 Å². The topological polar surface area (TPSA) is 122 Å². The van der Waals surface area contributed by atoms with Crippen molar-refractivity contribution in [2.45, 2.75) is 68.0 Å². The third-order valence-electron chi connectivity index (χ3n) is 12.9. The van der Waals surface area contributed by atoms with Crippen LogP contribution in [0.2, 0.25) is 18.1 Å². The summed E-state index contributed by atoms with van der Waals surface area (Å²) < 4.78 is 63.1. The molecule has 0 saturated carbocycles. The van der Waals surface area contributed by atoms with Crippen LogP contribution in [0.3, 0.4) is 0 Å². The number of hydrogen-bond donors (Lipinski definition) is 0. The molecule has 2 aromatic rings. The molecule has 4 aliphatic heterocycles. The fraction of sp³-hybridized carbons (Fsp3) is 0.711. The first-order valence-electron chi connectivity index (χ1n) is 21.8. The first-order valence-corrected chi connectivity index (χ1v) is 24.7. The SMILES string of the molecule is CN(CC1(CO[Si](C)(C)C(C)(C)C)OCCO1)CC1(CN(C)CC2(CN(C)CC3(CN(C)C(=O)OCC4c5ccccc5-c5ccccc54)OCCO3)OCCO2)OCCO1. The molecule has 7 rings (SSSR count). The van der Waals surface area contributed by atoms with Crippen LogP contribution < -0.4 is 0 Å². The quantitative estimate of drug-likeness (QED) is 0.182. The van der Waals surface area contributed by atoms with Crippen LogP contribution >= 0.6 is 0 Å². The van der Waals surface area contributed by atoms with E-state index >= 15 is 0 Å². The fourth-order valence-electron chi connectivity index (χ4n) is 9.18. The van der Waals surface area contributed by atoms with Crippen LogP contribution in [0, 0.1) is 0 Å². The second-order valence-electron chi connectivity index (χ2n) is 19.2. The molecule has 0 atom stereocenters. The lowest BCUT2D eigenvalue weighted by molar-refractivity contribution is -0.222. The van der Waals surface area contributed by atoms with E-state index in [-0.39, 0.29) is 24.1 Å². The van der Waals surface area contributed by atoms with Gasteiger partial charge in [0.05, 0.1) is 105 Å². The highest BCUT2D eigenvalue weighted by Crippen LogP contribution is 2.45. The van der Waals surface area contributed by atoms with E-state index in [0.29, 0.717) is 98.7 Å². The molecule has 2 aromatic carbocycles. The number of rotatable bonds is 19. The highest BCUT2D eigenvalue weighted by molar-refractivity contribution is 6.74. The number of likely N-dealkylation sites (N-methyl/N-ethyl adjacent to an activating group) is 4. The van der Waals surface area contributed by atoms with Gasteiger partial charge in [-0.2, -0.15) is 0 Å². The normalized spacial score (nSPS) is 21.8. The molecule has 0 bridgehead atoms. The van der Waals surface area contributed by atoms with Crippen LogP contribution in [0.15, 0.2) is 48.5 Å². The molecule has 0 spiro atoms. The molecule has 15 nitrogen and oxygen atoms in total. The summed E-state index contributed by atoms with van der Waals surface area (Å²) in [5.74, 6) is -3.75. The van der Waals surface area contributed by atoms with Gasteiger partial charge in [-0.3, -0.25) is 14.7 Å². The number of carbonyl (C=O) groups is 1. The lowest BCUT2D eigenvalue weighted by Crippen LogP contribution is -2.58. The Morgan fingerprint density at radius 1 is 0.590 bits per heavy atom. The Morgan fingerprint density at radius 2 is 0.934 bits per heavy atom. The zero-order valence-corrected chi connectivity index (χ0v) is 39.0. The molecule has 340 valence electrons. The number of carbonyl (C=O) groups excluding carboxylic acids is 1. The van der Waals surface area contributed by atoms with Crippen molar-refractivity contribution in [3.63, 3.8) is 0 Å². The summed E-state index contributed by atoms with van der Waals surface area (Å²) >= 11 is 0. The lowest BCUT2D eigenvalue weighted by Gasteiger charge is -2.42. The van der Waals surface area contributed by atoms with E-state index in [0.717, 1.165) is 0 Å². The van der Waals surface area contributed by atoms with Gasteiger partial charge in [-0.1, -0.05) is 69.3 Å². The summed E-state index contributed by atoms with van der Waals surface area (Å²) in [6.45, 7) is 18.6. The average Bonchev–Trinajstić information content (AvgIpc) is 4.06. The molecule has 4 fully saturated rings.